The van der Waals surface area contributed by atoms with Crippen LogP contribution in [0.4, 0.5) is 0 Å². The third kappa shape index (κ3) is 5.51. The number of amides is 1. The van der Waals surface area contributed by atoms with Gasteiger partial charge in [-0.3, -0.25) is 9.79 Å². The van der Waals surface area contributed by atoms with Crippen molar-refractivity contribution in [1.82, 2.24) is 4.90 Å². The van der Waals surface area contributed by atoms with Gasteiger partial charge in [0.15, 0.2) is 0 Å². The number of hydrogen-bond donors (Lipinski definition) is 0. The molecular weight excluding hydrogens is 176 g/mol. The molecule has 0 aliphatic heterocycles. The van der Waals surface area contributed by atoms with Gasteiger partial charge in [-0.15, -0.1) is 0 Å². The van der Waals surface area contributed by atoms with E-state index in [0.717, 1.165) is 12.8 Å². The summed E-state index contributed by atoms with van der Waals surface area (Å²) in [7, 11) is 1.68. The van der Waals surface area contributed by atoms with Crippen molar-refractivity contribution < 1.29 is 4.79 Å². The molecule has 3 nitrogen and oxygen atoms in total. The molecule has 0 heterocycles. The molecule has 14 heavy (non-hydrogen) atoms. The van der Waals surface area contributed by atoms with Gasteiger partial charge in [-0.05, 0) is 18.5 Å². The van der Waals surface area contributed by atoms with Gasteiger partial charge < -0.3 is 4.90 Å². The molecule has 3 heteroatoms. The molecule has 0 aromatic heterocycles. The molecule has 0 saturated carbocycles. The van der Waals surface area contributed by atoms with Gasteiger partial charge >= 0.3 is 0 Å². The van der Waals surface area contributed by atoms with E-state index in [1.54, 1.807) is 7.05 Å². The first kappa shape index (κ1) is 12.9. The monoisotopic (exact) mass is 196 g/mol. The van der Waals surface area contributed by atoms with Crippen LogP contribution < -0.4 is 0 Å². The first-order valence-corrected chi connectivity index (χ1v) is 5.00. The molecule has 0 aromatic rings. The Morgan fingerprint density at radius 3 is 2.79 bits per heavy atom. The molecule has 80 valence electrons. The van der Waals surface area contributed by atoms with Crippen molar-refractivity contribution >= 4 is 12.1 Å². The molecule has 0 aliphatic rings. The SMILES string of the molecule is C=CN(C)C(=O)C/N=C/C(C)CCC. The third-order valence-corrected chi connectivity index (χ3v) is 2.00. The predicted molar refractivity (Wildman–Crippen MR) is 60.4 cm³/mol. The Balaban J connectivity index is 3.81. The van der Waals surface area contributed by atoms with Crippen LogP contribution in [0.25, 0.3) is 0 Å². The van der Waals surface area contributed by atoms with Gasteiger partial charge in [-0.1, -0.05) is 26.8 Å². The van der Waals surface area contributed by atoms with Crippen LogP contribution in [0, 0.1) is 5.92 Å². The molecule has 1 atom stereocenters. The second kappa shape index (κ2) is 7.30. The number of rotatable bonds is 6. The molecule has 0 radical (unpaired) electrons. The Hall–Kier alpha value is -1.12. The van der Waals surface area contributed by atoms with Crippen molar-refractivity contribution in [1.29, 1.82) is 0 Å². The number of likely N-dealkylation sites (N-methyl/N-ethyl adjacent to an activating group) is 1. The van der Waals surface area contributed by atoms with E-state index in [1.165, 1.54) is 11.1 Å². The summed E-state index contributed by atoms with van der Waals surface area (Å²) in [5.74, 6) is 0.432. The fraction of sp³-hybridized carbons (Fsp3) is 0.636. The Kier molecular flexibility index (Phi) is 6.72. The van der Waals surface area contributed by atoms with E-state index in [2.05, 4.69) is 25.4 Å². The quantitative estimate of drug-likeness (QED) is 0.599. The maximum Gasteiger partial charge on any atom is 0.247 e. The molecule has 0 N–H and O–H groups in total. The average molecular weight is 196 g/mol. The summed E-state index contributed by atoms with van der Waals surface area (Å²) in [5.41, 5.74) is 0. The Morgan fingerprint density at radius 1 is 1.64 bits per heavy atom. The van der Waals surface area contributed by atoms with Crippen molar-refractivity contribution in [2.45, 2.75) is 26.7 Å². The van der Waals surface area contributed by atoms with Crippen molar-refractivity contribution in [3.05, 3.63) is 12.8 Å². The van der Waals surface area contributed by atoms with Gasteiger partial charge in [-0.2, -0.15) is 0 Å². The molecule has 0 aromatic carbocycles. The maximum atomic E-state index is 11.3. The molecule has 1 unspecified atom stereocenters. The van der Waals surface area contributed by atoms with Gasteiger partial charge in [0.05, 0.1) is 0 Å². The topological polar surface area (TPSA) is 32.7 Å². The lowest BCUT2D eigenvalue weighted by Crippen LogP contribution is -2.23. The minimum atomic E-state index is -0.0278. The Morgan fingerprint density at radius 2 is 2.29 bits per heavy atom. The highest BCUT2D eigenvalue weighted by Crippen LogP contribution is 2.01. The largest absolute Gasteiger partial charge is 0.321 e. The third-order valence-electron chi connectivity index (χ3n) is 2.00. The van der Waals surface area contributed by atoms with Crippen LogP contribution in [0.1, 0.15) is 26.7 Å². The van der Waals surface area contributed by atoms with Crippen molar-refractivity contribution in [3.8, 4) is 0 Å². The lowest BCUT2D eigenvalue weighted by Gasteiger charge is -2.08. The van der Waals surface area contributed by atoms with Crippen LogP contribution in [0.2, 0.25) is 0 Å². The highest BCUT2D eigenvalue weighted by atomic mass is 16.2. The summed E-state index contributed by atoms with van der Waals surface area (Å²) in [6.45, 7) is 7.97. The van der Waals surface area contributed by atoms with Crippen LogP contribution in [0.3, 0.4) is 0 Å². The molecule has 0 spiro atoms. The summed E-state index contributed by atoms with van der Waals surface area (Å²) >= 11 is 0. The van der Waals surface area contributed by atoms with Crippen LogP contribution >= 0.6 is 0 Å². The number of nitrogens with zero attached hydrogens (tertiary/aromatic N) is 2. The lowest BCUT2D eigenvalue weighted by molar-refractivity contribution is -0.125. The van der Waals surface area contributed by atoms with Gasteiger partial charge in [0.2, 0.25) is 5.91 Å². The lowest BCUT2D eigenvalue weighted by atomic mass is 10.1. The normalized spacial score (nSPS) is 12.8. The standard InChI is InChI=1S/C11H20N2O/c1-5-7-10(3)8-12-9-11(14)13(4)6-2/h6,8,10H,2,5,7,9H2,1,3-4H3/b12-8+. The zero-order chi connectivity index (χ0) is 11.0. The second-order valence-corrected chi connectivity index (χ2v) is 3.44. The maximum absolute atomic E-state index is 11.3. The summed E-state index contributed by atoms with van der Waals surface area (Å²) in [5, 5.41) is 0. The van der Waals surface area contributed by atoms with Crippen LogP contribution in [-0.4, -0.2) is 30.6 Å². The van der Waals surface area contributed by atoms with E-state index in [0.29, 0.717) is 5.92 Å². The molecule has 1 amide bonds. The Bertz CT molecular complexity index is 211. The molecule has 0 aliphatic carbocycles. The van der Waals surface area contributed by atoms with E-state index in [4.69, 9.17) is 0 Å². The smallest absolute Gasteiger partial charge is 0.247 e. The van der Waals surface area contributed by atoms with Gasteiger partial charge in [-0.25, -0.2) is 0 Å². The van der Waals surface area contributed by atoms with E-state index in [9.17, 15) is 4.79 Å². The first-order valence-electron chi connectivity index (χ1n) is 5.00. The fourth-order valence-corrected chi connectivity index (χ4v) is 1.05. The van der Waals surface area contributed by atoms with Crippen LogP contribution in [0.15, 0.2) is 17.8 Å². The summed E-state index contributed by atoms with van der Waals surface area (Å²) < 4.78 is 0. The minimum absolute atomic E-state index is 0.0278. The number of carbonyl (C=O) groups excluding carboxylic acids is 1. The summed E-state index contributed by atoms with van der Waals surface area (Å²) in [6.07, 6.45) is 5.62. The zero-order valence-electron chi connectivity index (χ0n) is 9.36. The minimum Gasteiger partial charge on any atom is -0.321 e. The average Bonchev–Trinajstić information content (AvgIpc) is 2.16. The second-order valence-electron chi connectivity index (χ2n) is 3.44. The molecule has 0 fully saturated rings. The van der Waals surface area contributed by atoms with E-state index >= 15 is 0 Å². The van der Waals surface area contributed by atoms with E-state index in [-0.39, 0.29) is 12.5 Å². The van der Waals surface area contributed by atoms with E-state index in [1.807, 2.05) is 6.21 Å². The van der Waals surface area contributed by atoms with Crippen molar-refractivity contribution in [3.63, 3.8) is 0 Å². The van der Waals surface area contributed by atoms with Crippen molar-refractivity contribution in [2.24, 2.45) is 10.9 Å². The van der Waals surface area contributed by atoms with Crippen molar-refractivity contribution in [2.75, 3.05) is 13.6 Å². The van der Waals surface area contributed by atoms with Crippen LogP contribution in [-0.2, 0) is 4.79 Å². The number of hydrogen-bond acceptors (Lipinski definition) is 2. The zero-order valence-corrected chi connectivity index (χ0v) is 9.36. The molecule has 0 saturated heterocycles. The van der Waals surface area contributed by atoms with Gasteiger partial charge in [0, 0.05) is 13.3 Å². The van der Waals surface area contributed by atoms with Gasteiger partial charge in [0.1, 0.15) is 6.54 Å². The number of carbonyl (C=O) groups is 1. The fourth-order valence-electron chi connectivity index (χ4n) is 1.05. The molecule has 0 bridgehead atoms. The van der Waals surface area contributed by atoms with E-state index < -0.39 is 0 Å². The Labute approximate surface area is 86.5 Å². The molecule has 0 rings (SSSR count). The first-order chi connectivity index (χ1) is 6.61. The molecular formula is C11H20N2O. The highest BCUT2D eigenvalue weighted by Gasteiger charge is 2.02. The number of aliphatic imine (C=N–C) groups is 1. The summed E-state index contributed by atoms with van der Waals surface area (Å²) in [6, 6.07) is 0. The predicted octanol–water partition coefficient (Wildman–Crippen LogP) is 2.10. The van der Waals surface area contributed by atoms with Crippen LogP contribution in [0.5, 0.6) is 0 Å². The summed E-state index contributed by atoms with van der Waals surface area (Å²) in [4.78, 5) is 16.8. The highest BCUT2D eigenvalue weighted by molar-refractivity contribution is 5.80. The van der Waals surface area contributed by atoms with Gasteiger partial charge in [0.25, 0.3) is 0 Å².